The topological polar surface area (TPSA) is 57.2 Å². The van der Waals surface area contributed by atoms with Crippen LogP contribution < -0.4 is 0 Å². The molecule has 14 heavy (non-hydrogen) atoms. The Bertz CT molecular complexity index is 446. The van der Waals surface area contributed by atoms with Crippen LogP contribution in [0.5, 0.6) is 0 Å². The van der Waals surface area contributed by atoms with Gasteiger partial charge in [-0.3, -0.25) is 0 Å². The zero-order chi connectivity index (χ0) is 11.1. The number of aryl methyl sites for hydroxylation is 2. The summed E-state index contributed by atoms with van der Waals surface area (Å²) in [5.41, 5.74) is 2.79. The second kappa shape index (κ2) is 3.37. The van der Waals surface area contributed by atoms with Crippen molar-refractivity contribution in [1.82, 2.24) is 0 Å². The molecule has 0 saturated carbocycles. The summed E-state index contributed by atoms with van der Waals surface area (Å²) >= 11 is 0. The molecule has 0 aliphatic heterocycles. The Hall–Kier alpha value is -0.870. The highest BCUT2D eigenvalue weighted by atomic mass is 32.2. The first-order chi connectivity index (χ1) is 6.25. The van der Waals surface area contributed by atoms with Crippen molar-refractivity contribution in [2.45, 2.75) is 32.6 Å². The van der Waals surface area contributed by atoms with E-state index in [1.807, 2.05) is 6.07 Å². The maximum absolute atomic E-state index is 11.0. The van der Waals surface area contributed by atoms with E-state index in [9.17, 15) is 13.0 Å². The van der Waals surface area contributed by atoms with Crippen molar-refractivity contribution in [3.8, 4) is 0 Å². The smallest absolute Gasteiger partial charge is 0.124 e. The Labute approximate surface area is 84.5 Å². The van der Waals surface area contributed by atoms with Crippen molar-refractivity contribution in [2.24, 2.45) is 0 Å². The van der Waals surface area contributed by atoms with Gasteiger partial charge in [-0.15, -0.1) is 0 Å². The summed E-state index contributed by atoms with van der Waals surface area (Å²) in [6.45, 7) is 6.92. The van der Waals surface area contributed by atoms with Crippen LogP contribution in [0.25, 0.3) is 0 Å². The monoisotopic (exact) mass is 213 g/mol. The molecule has 1 aromatic rings. The van der Waals surface area contributed by atoms with Crippen LogP contribution in [-0.4, -0.2) is 13.0 Å². The normalized spacial score (nSPS) is 11.8. The molecule has 0 heterocycles. The van der Waals surface area contributed by atoms with Gasteiger partial charge >= 0.3 is 0 Å². The van der Waals surface area contributed by atoms with Crippen LogP contribution in [0.15, 0.2) is 11.0 Å². The molecule has 78 valence electrons. The molecule has 0 aliphatic rings. The van der Waals surface area contributed by atoms with Gasteiger partial charge in [0, 0.05) is 0 Å². The van der Waals surface area contributed by atoms with Crippen LogP contribution in [0, 0.1) is 27.7 Å². The van der Waals surface area contributed by atoms with Crippen molar-refractivity contribution < 1.29 is 13.0 Å². The minimum Gasteiger partial charge on any atom is -0.744 e. The summed E-state index contributed by atoms with van der Waals surface area (Å²) in [6.07, 6.45) is 0. The Morgan fingerprint density at radius 3 is 1.64 bits per heavy atom. The molecule has 0 unspecified atom stereocenters. The molecular weight excluding hydrogens is 200 g/mol. The lowest BCUT2D eigenvalue weighted by molar-refractivity contribution is 0.461. The minimum absolute atomic E-state index is 0.0602. The van der Waals surface area contributed by atoms with Gasteiger partial charge in [-0.2, -0.15) is 0 Å². The largest absolute Gasteiger partial charge is 0.744 e. The van der Waals surface area contributed by atoms with Crippen LogP contribution in [0.1, 0.15) is 22.3 Å². The quantitative estimate of drug-likeness (QED) is 0.669. The second-order valence-corrected chi connectivity index (χ2v) is 4.86. The van der Waals surface area contributed by atoms with Crippen molar-refractivity contribution >= 4 is 10.1 Å². The van der Waals surface area contributed by atoms with E-state index < -0.39 is 10.1 Å². The number of benzene rings is 1. The van der Waals surface area contributed by atoms with E-state index in [2.05, 4.69) is 0 Å². The molecule has 3 nitrogen and oxygen atoms in total. The fraction of sp³-hybridized carbons (Fsp3) is 0.400. The van der Waals surface area contributed by atoms with Gasteiger partial charge in [0.2, 0.25) is 0 Å². The fourth-order valence-electron chi connectivity index (χ4n) is 1.56. The molecule has 0 saturated heterocycles. The molecular formula is C10H13O3S-. The highest BCUT2D eigenvalue weighted by Crippen LogP contribution is 2.25. The Morgan fingerprint density at radius 2 is 1.36 bits per heavy atom. The molecule has 0 N–H and O–H groups in total. The molecule has 0 bridgehead atoms. The maximum atomic E-state index is 11.0. The van der Waals surface area contributed by atoms with Gasteiger partial charge in [0.05, 0.1) is 4.90 Å². The van der Waals surface area contributed by atoms with E-state index in [4.69, 9.17) is 0 Å². The maximum Gasteiger partial charge on any atom is 0.124 e. The van der Waals surface area contributed by atoms with Crippen LogP contribution in [0.3, 0.4) is 0 Å². The number of hydrogen-bond donors (Lipinski definition) is 0. The van der Waals surface area contributed by atoms with Gasteiger partial charge in [0.25, 0.3) is 0 Å². The first-order valence-electron chi connectivity index (χ1n) is 4.28. The molecule has 4 heteroatoms. The third-order valence-corrected chi connectivity index (χ3v) is 3.66. The van der Waals surface area contributed by atoms with Gasteiger partial charge in [-0.05, 0) is 49.9 Å². The zero-order valence-electron chi connectivity index (χ0n) is 8.71. The molecule has 0 atom stereocenters. The summed E-state index contributed by atoms with van der Waals surface area (Å²) in [7, 11) is -4.36. The molecule has 1 aromatic carbocycles. The van der Waals surface area contributed by atoms with Crippen LogP contribution >= 0.6 is 0 Å². The minimum atomic E-state index is -4.36. The van der Waals surface area contributed by atoms with Crippen LogP contribution in [0.2, 0.25) is 0 Å². The second-order valence-electron chi connectivity index (χ2n) is 3.54. The summed E-state index contributed by atoms with van der Waals surface area (Å²) < 4.78 is 33.1. The van der Waals surface area contributed by atoms with E-state index in [1.54, 1.807) is 27.7 Å². The van der Waals surface area contributed by atoms with Crippen LogP contribution in [0.4, 0.5) is 0 Å². The van der Waals surface area contributed by atoms with Gasteiger partial charge in [-0.25, -0.2) is 8.42 Å². The standard InChI is InChI=1S/C10H14O3S/c1-6-5-7(2)9(4)10(8(6)3)14(11,12)13/h5H,1-4H3,(H,11,12,13)/p-1. The average molecular weight is 213 g/mol. The molecule has 0 amide bonds. The molecule has 0 radical (unpaired) electrons. The van der Waals surface area contributed by atoms with E-state index in [1.165, 1.54) is 0 Å². The van der Waals surface area contributed by atoms with E-state index >= 15 is 0 Å². The van der Waals surface area contributed by atoms with E-state index in [0.29, 0.717) is 11.1 Å². The van der Waals surface area contributed by atoms with Crippen molar-refractivity contribution in [3.05, 3.63) is 28.3 Å². The lowest BCUT2D eigenvalue weighted by Gasteiger charge is -2.17. The summed E-state index contributed by atoms with van der Waals surface area (Å²) in [5.74, 6) is 0. The molecule has 1 rings (SSSR count). The van der Waals surface area contributed by atoms with Crippen LogP contribution in [-0.2, 0) is 10.1 Å². The first kappa shape index (κ1) is 11.2. The Balaban J connectivity index is 3.74. The summed E-state index contributed by atoms with van der Waals surface area (Å²) in [4.78, 5) is -0.0602. The third kappa shape index (κ3) is 1.81. The molecule has 0 fully saturated rings. The Morgan fingerprint density at radius 1 is 1.00 bits per heavy atom. The highest BCUT2D eigenvalue weighted by Gasteiger charge is 2.13. The molecule has 0 aromatic heterocycles. The predicted molar refractivity (Wildman–Crippen MR) is 53.4 cm³/mol. The zero-order valence-corrected chi connectivity index (χ0v) is 9.53. The lowest BCUT2D eigenvalue weighted by atomic mass is 10.0. The van der Waals surface area contributed by atoms with Crippen molar-refractivity contribution in [3.63, 3.8) is 0 Å². The van der Waals surface area contributed by atoms with E-state index in [0.717, 1.165) is 11.1 Å². The van der Waals surface area contributed by atoms with Crippen molar-refractivity contribution in [1.29, 1.82) is 0 Å². The Kier molecular flexibility index (Phi) is 2.69. The lowest BCUT2D eigenvalue weighted by Crippen LogP contribution is -2.07. The fourth-order valence-corrected chi connectivity index (χ4v) is 2.63. The average Bonchev–Trinajstić information content (AvgIpc) is 1.98. The molecule has 0 aliphatic carbocycles. The third-order valence-electron chi connectivity index (χ3n) is 2.55. The van der Waals surface area contributed by atoms with Gasteiger partial charge in [0.1, 0.15) is 10.1 Å². The first-order valence-corrected chi connectivity index (χ1v) is 5.69. The van der Waals surface area contributed by atoms with Gasteiger partial charge < -0.3 is 4.55 Å². The SMILES string of the molecule is Cc1cc(C)c(C)c(S(=O)(=O)[O-])c1C. The predicted octanol–water partition coefficient (Wildman–Crippen LogP) is 1.82. The van der Waals surface area contributed by atoms with Gasteiger partial charge in [-0.1, -0.05) is 6.07 Å². The van der Waals surface area contributed by atoms with Gasteiger partial charge in [0.15, 0.2) is 0 Å². The van der Waals surface area contributed by atoms with Crippen molar-refractivity contribution in [2.75, 3.05) is 0 Å². The summed E-state index contributed by atoms with van der Waals surface area (Å²) in [5, 5.41) is 0. The highest BCUT2D eigenvalue weighted by molar-refractivity contribution is 7.85. The molecule has 0 spiro atoms. The summed E-state index contributed by atoms with van der Waals surface area (Å²) in [6, 6.07) is 1.89. The number of rotatable bonds is 1. The number of hydrogen-bond acceptors (Lipinski definition) is 3. The van der Waals surface area contributed by atoms with E-state index in [-0.39, 0.29) is 4.90 Å².